The maximum absolute atomic E-state index is 11.9. The van der Waals surface area contributed by atoms with Crippen molar-refractivity contribution in [3.8, 4) is 0 Å². The van der Waals surface area contributed by atoms with Crippen molar-refractivity contribution in [1.82, 2.24) is 9.88 Å². The third-order valence-electron chi connectivity index (χ3n) is 4.12. The van der Waals surface area contributed by atoms with Gasteiger partial charge in [0.1, 0.15) is 0 Å². The van der Waals surface area contributed by atoms with E-state index >= 15 is 0 Å². The fraction of sp³-hybridized carbons (Fsp3) is 0.500. The van der Waals surface area contributed by atoms with Gasteiger partial charge in [0.15, 0.2) is 9.84 Å². The minimum absolute atomic E-state index is 0.0422. The summed E-state index contributed by atoms with van der Waals surface area (Å²) in [7, 11) is -3.45. The molecule has 4 nitrogen and oxygen atoms in total. The lowest BCUT2D eigenvalue weighted by molar-refractivity contribution is 0.309. The number of fused-ring (bicyclic) bond motifs is 1. The number of nitrogens with one attached hydrogen (secondary N) is 1. The van der Waals surface area contributed by atoms with E-state index in [1.54, 1.807) is 6.07 Å². The molecule has 0 spiro atoms. The molecule has 1 fully saturated rings. The van der Waals surface area contributed by atoms with Gasteiger partial charge in [0.25, 0.3) is 0 Å². The van der Waals surface area contributed by atoms with Crippen molar-refractivity contribution in [2.24, 2.45) is 0 Å². The van der Waals surface area contributed by atoms with Gasteiger partial charge in [0.2, 0.25) is 0 Å². The van der Waals surface area contributed by atoms with Crippen LogP contribution >= 0.6 is 0 Å². The molecule has 0 radical (unpaired) electrons. The molecule has 1 saturated heterocycles. The first-order valence-electron chi connectivity index (χ1n) is 9.90. The summed E-state index contributed by atoms with van der Waals surface area (Å²) in [5, 5.41) is 0.515. The van der Waals surface area contributed by atoms with Crippen molar-refractivity contribution in [3.05, 3.63) is 29.5 Å². The van der Waals surface area contributed by atoms with Gasteiger partial charge >= 0.3 is 0 Å². The summed E-state index contributed by atoms with van der Waals surface area (Å²) in [5.41, 5.74) is 1.04. The third kappa shape index (κ3) is 2.72. The van der Waals surface area contributed by atoms with Crippen LogP contribution in [0.25, 0.3) is 10.9 Å². The van der Waals surface area contributed by atoms with Gasteiger partial charge in [-0.1, -0.05) is 0 Å². The highest BCUT2D eigenvalue weighted by Crippen LogP contribution is 2.29. The second-order valence-corrected chi connectivity index (χ2v) is 7.67. The summed E-state index contributed by atoms with van der Waals surface area (Å²) in [6.45, 7) is -4.23. The SMILES string of the molecule is [2H]C([2H])([2H])c1[nH]c2ccc(S(C)(=O)=O)cc2c1C[C@H]1CCCN1C([2H])([2H])[2H]. The zero-order valence-electron chi connectivity index (χ0n) is 17.8. The van der Waals surface area contributed by atoms with Crippen LogP contribution in [0.5, 0.6) is 0 Å². The molecule has 1 atom stereocenters. The average molecular weight is 312 g/mol. The van der Waals surface area contributed by atoms with Gasteiger partial charge in [0, 0.05) is 37.1 Å². The first-order valence-corrected chi connectivity index (χ1v) is 8.79. The fourth-order valence-corrected chi connectivity index (χ4v) is 3.60. The van der Waals surface area contributed by atoms with Crippen molar-refractivity contribution < 1.29 is 16.6 Å². The van der Waals surface area contributed by atoms with Crippen LogP contribution in [0.4, 0.5) is 0 Å². The lowest BCUT2D eigenvalue weighted by Gasteiger charge is -2.19. The van der Waals surface area contributed by atoms with Gasteiger partial charge in [0.05, 0.1) is 4.90 Å². The van der Waals surface area contributed by atoms with E-state index in [1.165, 1.54) is 17.0 Å². The van der Waals surface area contributed by atoms with Gasteiger partial charge < -0.3 is 9.88 Å². The maximum Gasteiger partial charge on any atom is 0.175 e. The molecule has 1 aromatic carbocycles. The molecular formula is C16H22N2O2S. The smallest absolute Gasteiger partial charge is 0.175 e. The van der Waals surface area contributed by atoms with Crippen LogP contribution in [0.15, 0.2) is 23.1 Å². The lowest BCUT2D eigenvalue weighted by Crippen LogP contribution is -2.26. The highest BCUT2D eigenvalue weighted by atomic mass is 32.2. The Morgan fingerprint density at radius 2 is 2.33 bits per heavy atom. The van der Waals surface area contributed by atoms with E-state index in [-0.39, 0.29) is 23.1 Å². The molecule has 2 heterocycles. The van der Waals surface area contributed by atoms with E-state index in [2.05, 4.69) is 4.98 Å². The van der Waals surface area contributed by atoms with E-state index in [0.717, 1.165) is 12.7 Å². The second kappa shape index (κ2) is 5.14. The molecule has 1 N–H and O–H groups in total. The van der Waals surface area contributed by atoms with E-state index in [9.17, 15) is 8.42 Å². The molecule has 0 amide bonds. The third-order valence-corrected chi connectivity index (χ3v) is 5.23. The van der Waals surface area contributed by atoms with Crippen LogP contribution in [0.1, 0.15) is 32.3 Å². The molecule has 1 aliphatic heterocycles. The Hall–Kier alpha value is -1.33. The average Bonchev–Trinajstić information content (AvgIpc) is 3.10. The van der Waals surface area contributed by atoms with E-state index in [0.29, 0.717) is 29.4 Å². The number of hydrogen-bond acceptors (Lipinski definition) is 3. The maximum atomic E-state index is 11.9. The summed E-state index contributed by atoms with van der Waals surface area (Å²) in [6.07, 6.45) is 2.71. The highest BCUT2D eigenvalue weighted by Gasteiger charge is 2.23. The Balaban J connectivity index is 2.14. The quantitative estimate of drug-likeness (QED) is 0.947. The number of aryl methyl sites for hydroxylation is 1. The summed E-state index contributed by atoms with van der Waals surface area (Å²) >= 11 is 0. The number of sulfone groups is 1. The monoisotopic (exact) mass is 312 g/mol. The first-order chi connectivity index (χ1) is 12.3. The Morgan fingerprint density at radius 3 is 3.05 bits per heavy atom. The number of aromatic amines is 1. The Labute approximate surface area is 134 Å². The molecule has 0 unspecified atom stereocenters. The first kappa shape index (κ1) is 8.96. The predicted molar refractivity (Wildman–Crippen MR) is 85.5 cm³/mol. The molecule has 21 heavy (non-hydrogen) atoms. The fourth-order valence-electron chi connectivity index (χ4n) is 2.95. The largest absolute Gasteiger partial charge is 0.358 e. The minimum atomic E-state index is -3.45. The zero-order valence-corrected chi connectivity index (χ0v) is 12.6. The van der Waals surface area contributed by atoms with E-state index in [4.69, 9.17) is 8.22 Å². The van der Waals surface area contributed by atoms with Crippen LogP contribution in [-0.4, -0.2) is 44.1 Å². The Morgan fingerprint density at radius 1 is 1.48 bits per heavy atom. The van der Waals surface area contributed by atoms with Crippen molar-refractivity contribution >= 4 is 20.7 Å². The molecule has 1 aromatic heterocycles. The normalized spacial score (nSPS) is 25.9. The van der Waals surface area contributed by atoms with E-state index < -0.39 is 23.7 Å². The lowest BCUT2D eigenvalue weighted by atomic mass is 10.0. The van der Waals surface area contributed by atoms with Crippen LogP contribution in [0, 0.1) is 6.85 Å². The number of H-pyrrole nitrogens is 1. The number of rotatable bonds is 3. The van der Waals surface area contributed by atoms with Gasteiger partial charge in [-0.15, -0.1) is 0 Å². The molecule has 2 aromatic rings. The molecule has 3 rings (SSSR count). The van der Waals surface area contributed by atoms with Crippen molar-refractivity contribution in [1.29, 1.82) is 0 Å². The molecule has 0 aliphatic carbocycles. The summed E-state index contributed by atoms with van der Waals surface area (Å²) in [4.78, 5) is 4.42. The van der Waals surface area contributed by atoms with E-state index in [1.807, 2.05) is 0 Å². The summed E-state index contributed by atoms with van der Waals surface area (Å²) in [6, 6.07) is 4.14. The number of hydrogen-bond donors (Lipinski definition) is 1. The molecule has 1 aliphatic rings. The van der Waals surface area contributed by atoms with Crippen LogP contribution in [0.3, 0.4) is 0 Å². The number of benzene rings is 1. The molecule has 5 heteroatoms. The van der Waals surface area contributed by atoms with Gasteiger partial charge in [-0.2, -0.15) is 0 Å². The standard InChI is InChI=1S/C16H22N2O2S/c1-11-14(9-12-5-4-8-18(12)2)15-10-13(21(3,19)20)6-7-16(15)17-11/h6-7,10,12,17H,4-5,8-9H2,1-3H3/t12-/m1/s1/i1D3,2D3. The van der Waals surface area contributed by atoms with Crippen LogP contribution in [-0.2, 0) is 16.3 Å². The minimum Gasteiger partial charge on any atom is -0.358 e. The summed E-state index contributed by atoms with van der Waals surface area (Å²) < 4.78 is 70.4. The predicted octanol–water partition coefficient (Wildman–Crippen LogP) is 2.52. The zero-order chi connectivity index (χ0) is 20.2. The van der Waals surface area contributed by atoms with Crippen LogP contribution < -0.4 is 0 Å². The second-order valence-electron chi connectivity index (χ2n) is 5.65. The number of likely N-dealkylation sites (N-methyl/N-ethyl adjacent to an activating group) is 1. The highest BCUT2D eigenvalue weighted by molar-refractivity contribution is 7.90. The Kier molecular flexibility index (Phi) is 2.19. The number of likely N-dealkylation sites (tertiary alicyclic amines) is 1. The van der Waals surface area contributed by atoms with Crippen molar-refractivity contribution in [2.45, 2.75) is 37.1 Å². The number of aromatic nitrogens is 1. The molecule has 0 bridgehead atoms. The Bertz CT molecular complexity index is 962. The van der Waals surface area contributed by atoms with Gasteiger partial charge in [-0.05, 0) is 63.4 Å². The van der Waals surface area contributed by atoms with Gasteiger partial charge in [-0.25, -0.2) is 8.42 Å². The number of nitrogens with zero attached hydrogens (tertiary/aromatic N) is 1. The molecular weight excluding hydrogens is 284 g/mol. The van der Waals surface area contributed by atoms with Crippen LogP contribution in [0.2, 0.25) is 0 Å². The van der Waals surface area contributed by atoms with Gasteiger partial charge in [-0.3, -0.25) is 0 Å². The molecule has 0 saturated carbocycles. The topological polar surface area (TPSA) is 53.2 Å². The summed E-state index contributed by atoms with van der Waals surface area (Å²) in [5.74, 6) is 0. The van der Waals surface area contributed by atoms with Crippen molar-refractivity contribution in [2.75, 3.05) is 19.8 Å². The molecule has 114 valence electrons. The van der Waals surface area contributed by atoms with Crippen molar-refractivity contribution in [3.63, 3.8) is 0 Å².